The van der Waals surface area contributed by atoms with E-state index < -0.39 is 0 Å². The van der Waals surface area contributed by atoms with E-state index >= 15 is 0 Å². The molecule has 0 atom stereocenters. The van der Waals surface area contributed by atoms with Crippen molar-refractivity contribution in [1.82, 2.24) is 19.9 Å². The Morgan fingerprint density at radius 3 is 0.639 bits per heavy atom. The van der Waals surface area contributed by atoms with E-state index in [9.17, 15) is 0 Å². The number of benzene rings is 4. The van der Waals surface area contributed by atoms with Gasteiger partial charge < -0.3 is 9.97 Å². The summed E-state index contributed by atoms with van der Waals surface area (Å²) in [5, 5.41) is 0. The second kappa shape index (κ2) is 15.9. The van der Waals surface area contributed by atoms with Gasteiger partial charge in [0.15, 0.2) is 0 Å². The van der Waals surface area contributed by atoms with E-state index in [2.05, 4.69) is 180 Å². The number of hydrogen-bond donors (Lipinski definition) is 0. The minimum atomic E-state index is 0. The summed E-state index contributed by atoms with van der Waals surface area (Å²) in [6.45, 7) is 26.3. The number of aromatic nitrogens is 4. The molecule has 2 aliphatic heterocycles. The second-order valence-electron chi connectivity index (χ2n) is 17.5. The van der Waals surface area contributed by atoms with E-state index in [0.717, 1.165) is 89.4 Å². The Kier molecular flexibility index (Phi) is 11.0. The molecule has 0 saturated heterocycles. The van der Waals surface area contributed by atoms with Crippen molar-refractivity contribution < 1.29 is 0 Å². The average molecular weight is 805 g/mol. The van der Waals surface area contributed by atoms with Crippen molar-refractivity contribution in [3.63, 3.8) is 0 Å². The van der Waals surface area contributed by atoms with Gasteiger partial charge in [-0.2, -0.15) is 0 Å². The fraction of sp³-hybridized carbons (Fsp3) is 0.214. The monoisotopic (exact) mass is 804 g/mol. The molecule has 0 radical (unpaired) electrons. The van der Waals surface area contributed by atoms with Gasteiger partial charge in [0.25, 0.3) is 0 Å². The third-order valence-electron chi connectivity index (χ3n) is 12.3. The molecule has 9 rings (SSSR count). The zero-order valence-electron chi connectivity index (χ0n) is 37.7. The smallest absolute Gasteiger partial charge is 0.657 e. The molecule has 0 aliphatic carbocycles. The van der Waals surface area contributed by atoms with Crippen LogP contribution in [0.25, 0.3) is 90.9 Å². The SMILES string of the molecule is Cc1cc(C)c(-c2c3nc(c(-c4c(C)cc(C)cc4C)c4ccc([n-]4)c(-c4c(C)cc(C)cc4C)c4nc(c(-c5c(C)cc(C)cc5C)c5ccc2[n-]5)C=C4)C=C3)c(C)c1.[Mg+2]. The fourth-order valence-corrected chi connectivity index (χ4v) is 10.4. The minimum Gasteiger partial charge on any atom is -0.657 e. The number of rotatable bonds is 4. The third-order valence-corrected chi connectivity index (χ3v) is 12.3. The second-order valence-corrected chi connectivity index (χ2v) is 17.5. The Bertz CT molecular complexity index is 2710. The van der Waals surface area contributed by atoms with Gasteiger partial charge in [0.2, 0.25) is 0 Å². The van der Waals surface area contributed by atoms with E-state index in [1.165, 1.54) is 66.8 Å². The largest absolute Gasteiger partial charge is 2.00 e. The molecule has 0 fully saturated rings. The van der Waals surface area contributed by atoms with Crippen molar-refractivity contribution in [3.8, 4) is 44.5 Å². The van der Waals surface area contributed by atoms with Gasteiger partial charge in [-0.15, -0.1) is 22.1 Å². The van der Waals surface area contributed by atoms with Crippen LogP contribution in [0.1, 0.15) is 89.5 Å². The van der Waals surface area contributed by atoms with Crippen LogP contribution in [-0.4, -0.2) is 33.0 Å². The topological polar surface area (TPSA) is 54.0 Å². The molecule has 8 bridgehead atoms. The van der Waals surface area contributed by atoms with Crippen LogP contribution in [0.15, 0.2) is 72.8 Å². The molecule has 0 unspecified atom stereocenters. The van der Waals surface area contributed by atoms with Gasteiger partial charge in [0.05, 0.1) is 22.8 Å². The van der Waals surface area contributed by atoms with Crippen molar-refractivity contribution >= 4 is 69.4 Å². The summed E-state index contributed by atoms with van der Waals surface area (Å²) in [5.41, 5.74) is 30.4. The third kappa shape index (κ3) is 7.32. The Labute approximate surface area is 377 Å². The zero-order chi connectivity index (χ0) is 42.3. The molecule has 298 valence electrons. The molecule has 0 saturated carbocycles. The molecule has 0 amide bonds. The molecular weight excluding hydrogens is 753 g/mol. The van der Waals surface area contributed by atoms with Crippen LogP contribution < -0.4 is 9.97 Å². The van der Waals surface area contributed by atoms with Crippen LogP contribution in [0, 0.1) is 83.1 Å². The van der Waals surface area contributed by atoms with E-state index in [-0.39, 0.29) is 23.1 Å². The Balaban J connectivity index is 0.00000514. The summed E-state index contributed by atoms with van der Waals surface area (Å²) in [6, 6.07) is 26.9. The van der Waals surface area contributed by atoms with Crippen molar-refractivity contribution in [2.45, 2.75) is 83.1 Å². The van der Waals surface area contributed by atoms with Crippen LogP contribution >= 0.6 is 0 Å². The number of aryl methyl sites for hydroxylation is 12. The summed E-state index contributed by atoms with van der Waals surface area (Å²) < 4.78 is 0. The van der Waals surface area contributed by atoms with E-state index in [0.29, 0.717) is 0 Å². The van der Waals surface area contributed by atoms with Crippen LogP contribution in [-0.2, 0) is 0 Å². The quantitative estimate of drug-likeness (QED) is 0.166. The first-order valence-corrected chi connectivity index (χ1v) is 21.1. The first-order chi connectivity index (χ1) is 28.7. The maximum absolute atomic E-state index is 5.59. The zero-order valence-corrected chi connectivity index (χ0v) is 39.1. The molecular formula is C56H52MgN4. The van der Waals surface area contributed by atoms with Crippen molar-refractivity contribution in [1.29, 1.82) is 0 Å². The van der Waals surface area contributed by atoms with Crippen molar-refractivity contribution in [2.75, 3.05) is 0 Å². The summed E-state index contributed by atoms with van der Waals surface area (Å²) in [6.07, 6.45) is 8.72. The minimum absolute atomic E-state index is 0. The van der Waals surface area contributed by atoms with Crippen LogP contribution in [0.5, 0.6) is 0 Å². The summed E-state index contributed by atoms with van der Waals surface area (Å²) >= 11 is 0. The Hall–Kier alpha value is -5.75. The summed E-state index contributed by atoms with van der Waals surface area (Å²) in [5.74, 6) is 0. The molecule has 4 nitrogen and oxygen atoms in total. The van der Waals surface area contributed by atoms with E-state index in [1.807, 2.05) is 0 Å². The standard InChI is InChI=1S/C56H52N4.Mg/c1-29-21-33(5)49(34(6)22-29)53-41-13-15-43(57-41)54(50-35(7)23-30(2)24-36(50)8)45-17-19-47(59-45)56(52-39(11)27-32(4)28-40(52)12)48-20-18-46(60-48)55(44-16-14-42(53)58-44)51-37(9)25-31(3)26-38(51)10;/h13-28H,1-12H3;/q-2;+2. The normalized spacial score (nSPS) is 12.0. The van der Waals surface area contributed by atoms with Crippen LogP contribution in [0.3, 0.4) is 0 Å². The summed E-state index contributed by atoms with van der Waals surface area (Å²) in [4.78, 5) is 22.4. The molecule has 0 N–H and O–H groups in total. The van der Waals surface area contributed by atoms with Crippen LogP contribution in [0.2, 0.25) is 0 Å². The van der Waals surface area contributed by atoms with E-state index in [4.69, 9.17) is 19.9 Å². The molecule has 61 heavy (non-hydrogen) atoms. The number of nitrogens with zero attached hydrogens (tertiary/aromatic N) is 4. The molecule has 3 aromatic heterocycles. The van der Waals surface area contributed by atoms with Gasteiger partial charge in [-0.1, -0.05) is 95.1 Å². The number of hydrogen-bond acceptors (Lipinski definition) is 2. The van der Waals surface area contributed by atoms with Crippen molar-refractivity contribution in [2.24, 2.45) is 0 Å². The Morgan fingerprint density at radius 1 is 0.279 bits per heavy atom. The predicted octanol–water partition coefficient (Wildman–Crippen LogP) is 13.9. The predicted molar refractivity (Wildman–Crippen MR) is 261 cm³/mol. The van der Waals surface area contributed by atoms with E-state index in [1.54, 1.807) is 0 Å². The average Bonchev–Trinajstić information content (AvgIpc) is 3.99. The van der Waals surface area contributed by atoms with Crippen LogP contribution in [0.4, 0.5) is 0 Å². The number of fused-ring (bicyclic) bond motifs is 8. The first kappa shape index (κ1) is 42.0. The van der Waals surface area contributed by atoms with Gasteiger partial charge in [0, 0.05) is 0 Å². The maximum Gasteiger partial charge on any atom is 2.00 e. The molecule has 5 heterocycles. The maximum atomic E-state index is 5.59. The van der Waals surface area contributed by atoms with Gasteiger partial charge in [-0.05, 0) is 196 Å². The Morgan fingerprint density at radius 2 is 0.459 bits per heavy atom. The molecule has 5 heteroatoms. The van der Waals surface area contributed by atoms with Crippen molar-refractivity contribution in [3.05, 3.63) is 162 Å². The van der Waals surface area contributed by atoms with Gasteiger partial charge in [-0.3, -0.25) is 0 Å². The molecule has 7 aromatic rings. The molecule has 2 aliphatic rings. The summed E-state index contributed by atoms with van der Waals surface area (Å²) in [7, 11) is 0. The molecule has 0 spiro atoms. The molecule has 4 aromatic carbocycles. The van der Waals surface area contributed by atoms with Gasteiger partial charge >= 0.3 is 23.1 Å². The van der Waals surface area contributed by atoms with Gasteiger partial charge in [-0.25, -0.2) is 9.97 Å². The van der Waals surface area contributed by atoms with Gasteiger partial charge in [0.1, 0.15) is 0 Å². The fourth-order valence-electron chi connectivity index (χ4n) is 10.4. The first-order valence-electron chi connectivity index (χ1n) is 21.1.